The summed E-state index contributed by atoms with van der Waals surface area (Å²) < 4.78 is 79.4. The maximum absolute atomic E-state index is 14.1. The van der Waals surface area contributed by atoms with E-state index in [0.717, 1.165) is 12.3 Å². The van der Waals surface area contributed by atoms with Gasteiger partial charge in [-0.15, -0.1) is 0 Å². The second-order valence-corrected chi connectivity index (χ2v) is 7.80. The van der Waals surface area contributed by atoms with E-state index in [1.807, 2.05) is 0 Å². The molecule has 2 amide bonds. The zero-order chi connectivity index (χ0) is 22.1. The van der Waals surface area contributed by atoms with Crippen LogP contribution in [0.2, 0.25) is 0 Å². The third-order valence-electron chi connectivity index (χ3n) is 5.72. The molecule has 6 nitrogen and oxygen atoms in total. The lowest BCUT2D eigenvalue weighted by Crippen LogP contribution is -2.46. The van der Waals surface area contributed by atoms with Gasteiger partial charge in [0.05, 0.1) is 17.1 Å². The van der Waals surface area contributed by atoms with Crippen LogP contribution in [-0.2, 0) is 11.0 Å². The number of H-pyrrole nitrogens is 1. The number of amides is 2. The number of hydrogen-bond acceptors (Lipinski definition) is 3. The number of pyridine rings is 1. The number of likely N-dealkylation sites (tertiary alicyclic amines) is 1. The zero-order valence-corrected chi connectivity index (χ0v) is 15.5. The first-order valence-corrected chi connectivity index (χ1v) is 9.06. The largest absolute Gasteiger partial charge is 0.436 e. The molecule has 1 aliphatic carbocycles. The Morgan fingerprint density at radius 2 is 2.00 bits per heavy atom. The molecule has 0 radical (unpaired) electrons. The fourth-order valence-electron chi connectivity index (χ4n) is 3.88. The average Bonchev–Trinajstić information content (AvgIpc) is 3.03. The molecule has 0 aromatic carbocycles. The van der Waals surface area contributed by atoms with E-state index in [0.29, 0.717) is 0 Å². The van der Waals surface area contributed by atoms with Gasteiger partial charge >= 0.3 is 6.18 Å². The van der Waals surface area contributed by atoms with Crippen molar-refractivity contribution in [2.45, 2.75) is 37.9 Å². The summed E-state index contributed by atoms with van der Waals surface area (Å²) >= 11 is 0. The van der Waals surface area contributed by atoms with E-state index >= 15 is 0 Å². The molecule has 1 saturated carbocycles. The molecule has 2 fully saturated rings. The van der Waals surface area contributed by atoms with E-state index < -0.39 is 52.3 Å². The van der Waals surface area contributed by atoms with Gasteiger partial charge in [-0.1, -0.05) is 0 Å². The van der Waals surface area contributed by atoms with Crippen molar-refractivity contribution in [3.8, 4) is 0 Å². The first-order valence-electron chi connectivity index (χ1n) is 9.06. The number of alkyl halides is 5. The third-order valence-corrected chi connectivity index (χ3v) is 5.72. The number of rotatable bonds is 3. The van der Waals surface area contributed by atoms with E-state index in [9.17, 15) is 35.9 Å². The lowest BCUT2D eigenvalue weighted by molar-refractivity contribution is -0.143. The highest BCUT2D eigenvalue weighted by atomic mass is 19.4. The highest BCUT2D eigenvalue weighted by Crippen LogP contribution is 2.65. The van der Waals surface area contributed by atoms with Gasteiger partial charge in [0.1, 0.15) is 11.7 Å². The van der Waals surface area contributed by atoms with Crippen LogP contribution in [0.4, 0.5) is 26.3 Å². The fraction of sp³-hybridized carbons (Fsp3) is 0.500. The number of carbonyl (C=O) groups is 2. The molecule has 3 heterocycles. The summed E-state index contributed by atoms with van der Waals surface area (Å²) in [5.74, 6) is -5.81. The normalized spacial score (nSPS) is 23.8. The number of nitrogens with one attached hydrogen (secondary N) is 2. The molecule has 4 rings (SSSR count). The summed E-state index contributed by atoms with van der Waals surface area (Å²) in [5.41, 5.74) is -3.27. The molecule has 162 valence electrons. The molecule has 1 saturated heterocycles. The molecule has 1 aliphatic heterocycles. The number of aromatic amines is 1. The first-order chi connectivity index (χ1) is 13.8. The van der Waals surface area contributed by atoms with Gasteiger partial charge in [0, 0.05) is 24.9 Å². The predicted molar refractivity (Wildman–Crippen MR) is 91.2 cm³/mol. The molecule has 0 bridgehead atoms. The topological polar surface area (TPSA) is 78.1 Å². The monoisotopic (exact) mass is 434 g/mol. The molecular formula is C18H16F6N4O2. The number of hydrogen-bond donors (Lipinski definition) is 2. The summed E-state index contributed by atoms with van der Waals surface area (Å²) in [6, 6.07) is -0.177. The maximum Gasteiger partial charge on any atom is 0.436 e. The second-order valence-electron chi connectivity index (χ2n) is 7.80. The van der Waals surface area contributed by atoms with Gasteiger partial charge in [0.2, 0.25) is 5.91 Å². The van der Waals surface area contributed by atoms with Crippen LogP contribution in [0.3, 0.4) is 0 Å². The summed E-state index contributed by atoms with van der Waals surface area (Å²) in [4.78, 5) is 31.6. The average molecular weight is 434 g/mol. The molecule has 2 atom stereocenters. The van der Waals surface area contributed by atoms with Crippen LogP contribution in [0.15, 0.2) is 12.3 Å². The molecule has 2 aromatic rings. The van der Waals surface area contributed by atoms with Crippen molar-refractivity contribution in [1.82, 2.24) is 20.2 Å². The molecule has 2 aromatic heterocycles. The fourth-order valence-corrected chi connectivity index (χ4v) is 3.88. The summed E-state index contributed by atoms with van der Waals surface area (Å²) in [5, 5.41) is 1.88. The number of halogens is 6. The van der Waals surface area contributed by atoms with Crippen molar-refractivity contribution in [3.05, 3.63) is 29.5 Å². The van der Waals surface area contributed by atoms with Gasteiger partial charge in [0.25, 0.3) is 11.8 Å². The van der Waals surface area contributed by atoms with E-state index in [2.05, 4.69) is 15.3 Å². The standard InChI is InChI=1S/C18H16F6N4O2/c1-8(15(30)28-3-2-16(7-28)6-17(16,20)21)26-14(29)10-4-9-11(27-10)5-25-13(12(9)19)18(22,23)24/h4-5,8,27H,2-3,6-7H2,1H3,(H,26,29)/t8-,16+/m1/s1. The van der Waals surface area contributed by atoms with Gasteiger partial charge in [-0.25, -0.2) is 18.2 Å². The van der Waals surface area contributed by atoms with Crippen molar-refractivity contribution >= 4 is 22.7 Å². The second kappa shape index (κ2) is 6.35. The molecule has 2 N–H and O–H groups in total. The maximum atomic E-state index is 14.1. The number of fused-ring (bicyclic) bond motifs is 1. The highest BCUT2D eigenvalue weighted by molar-refractivity contribution is 6.00. The molecule has 30 heavy (non-hydrogen) atoms. The molecule has 2 aliphatic rings. The van der Waals surface area contributed by atoms with Crippen molar-refractivity contribution in [2.24, 2.45) is 5.41 Å². The van der Waals surface area contributed by atoms with Crippen LogP contribution in [0.5, 0.6) is 0 Å². The third kappa shape index (κ3) is 3.18. The minimum atomic E-state index is -5.00. The van der Waals surface area contributed by atoms with Crippen molar-refractivity contribution in [1.29, 1.82) is 0 Å². The molecule has 0 unspecified atom stereocenters. The van der Waals surface area contributed by atoms with Crippen LogP contribution < -0.4 is 5.32 Å². The van der Waals surface area contributed by atoms with Crippen LogP contribution in [0.1, 0.15) is 35.9 Å². The minimum absolute atomic E-state index is 0.0947. The highest BCUT2D eigenvalue weighted by Gasteiger charge is 2.73. The van der Waals surface area contributed by atoms with Crippen LogP contribution in [0, 0.1) is 11.2 Å². The van der Waals surface area contributed by atoms with Gasteiger partial charge < -0.3 is 15.2 Å². The molecule has 1 spiro atoms. The van der Waals surface area contributed by atoms with Gasteiger partial charge in [-0.05, 0) is 19.4 Å². The summed E-state index contributed by atoms with van der Waals surface area (Å²) in [6.45, 7) is 1.42. The van der Waals surface area contributed by atoms with Crippen LogP contribution in [0.25, 0.3) is 10.9 Å². The van der Waals surface area contributed by atoms with Crippen molar-refractivity contribution < 1.29 is 35.9 Å². The van der Waals surface area contributed by atoms with Crippen LogP contribution >= 0.6 is 0 Å². The Hall–Kier alpha value is -2.79. The Morgan fingerprint density at radius 1 is 1.33 bits per heavy atom. The van der Waals surface area contributed by atoms with Crippen molar-refractivity contribution in [3.63, 3.8) is 0 Å². The summed E-state index contributed by atoms with van der Waals surface area (Å²) in [7, 11) is 0. The smallest absolute Gasteiger partial charge is 0.349 e. The minimum Gasteiger partial charge on any atom is -0.349 e. The Kier molecular flexibility index (Phi) is 4.34. The van der Waals surface area contributed by atoms with E-state index in [-0.39, 0.29) is 37.1 Å². The Morgan fingerprint density at radius 3 is 2.57 bits per heavy atom. The number of nitrogens with zero attached hydrogens (tertiary/aromatic N) is 2. The lowest BCUT2D eigenvalue weighted by atomic mass is 10.1. The predicted octanol–water partition coefficient (Wildman–Crippen LogP) is 3.10. The van der Waals surface area contributed by atoms with E-state index in [1.54, 1.807) is 0 Å². The Bertz CT molecular complexity index is 1050. The van der Waals surface area contributed by atoms with Crippen LogP contribution in [-0.4, -0.2) is 51.7 Å². The van der Waals surface area contributed by atoms with E-state index in [1.165, 1.54) is 11.8 Å². The molecule has 12 heteroatoms. The first kappa shape index (κ1) is 20.5. The zero-order valence-electron chi connectivity index (χ0n) is 15.5. The van der Waals surface area contributed by atoms with E-state index in [4.69, 9.17) is 0 Å². The van der Waals surface area contributed by atoms with Gasteiger partial charge in [-0.3, -0.25) is 9.59 Å². The number of carbonyl (C=O) groups excluding carboxylic acids is 2. The number of aromatic nitrogens is 2. The Labute approximate surface area is 165 Å². The SMILES string of the molecule is C[C@@H](NC(=O)c1cc2c(F)c(C(F)(F)F)ncc2[nH]1)C(=O)N1CC[C@@]2(C1)CC2(F)F. The summed E-state index contributed by atoms with van der Waals surface area (Å²) in [6.07, 6.45) is -4.32. The lowest BCUT2D eigenvalue weighted by Gasteiger charge is -2.21. The van der Waals surface area contributed by atoms with Gasteiger partial charge in [-0.2, -0.15) is 13.2 Å². The van der Waals surface area contributed by atoms with Gasteiger partial charge in [0.15, 0.2) is 11.5 Å². The molecular weight excluding hydrogens is 418 g/mol. The van der Waals surface area contributed by atoms with Crippen molar-refractivity contribution in [2.75, 3.05) is 13.1 Å². The quantitative estimate of drug-likeness (QED) is 0.729. The Balaban J connectivity index is 1.46.